The molecule has 0 radical (unpaired) electrons. The zero-order chi connectivity index (χ0) is 38.4. The highest BCUT2D eigenvalue weighted by Crippen LogP contribution is 2.35. The molecular weight excluding hydrogens is 741 g/mol. The quantitative estimate of drug-likeness (QED) is 0.0906. The van der Waals surface area contributed by atoms with Gasteiger partial charge in [0.05, 0.1) is 9.79 Å². The number of benzene rings is 4. The molecule has 0 atom stereocenters. The fraction of sp³-hybridized carbons (Fsp3) is 0.162. The van der Waals surface area contributed by atoms with Gasteiger partial charge in [0, 0.05) is 42.1 Å². The molecule has 0 aromatic heterocycles. The van der Waals surface area contributed by atoms with Crippen LogP contribution in [0.4, 0.5) is 5.69 Å². The van der Waals surface area contributed by atoms with Crippen molar-refractivity contribution < 1.29 is 42.9 Å². The summed E-state index contributed by atoms with van der Waals surface area (Å²) in [7, 11) is -12.8. The molecule has 0 saturated heterocycles. The topological polar surface area (TPSA) is 199 Å². The van der Waals surface area contributed by atoms with Crippen LogP contribution in [-0.4, -0.2) is 53.2 Å². The second-order valence-corrected chi connectivity index (χ2v) is 16.4. The number of rotatable bonds is 14. The van der Waals surface area contributed by atoms with Gasteiger partial charge in [0.1, 0.15) is 11.4 Å². The number of anilines is 1. The summed E-state index contributed by atoms with van der Waals surface area (Å²) in [5.41, 5.74) is 5.29. The molecule has 0 fully saturated rings. The second-order valence-electron chi connectivity index (χ2n) is 11.9. The number of nitrogens with zero attached hydrogens (tertiary/aromatic N) is 2. The van der Waals surface area contributed by atoms with E-state index in [0.29, 0.717) is 59.6 Å². The Morgan fingerprint density at radius 2 is 1.28 bits per heavy atom. The van der Waals surface area contributed by atoms with E-state index >= 15 is 0 Å². The van der Waals surface area contributed by atoms with Crippen LogP contribution in [-0.2, 0) is 52.0 Å². The lowest BCUT2D eigenvalue weighted by Gasteiger charge is -2.24. The van der Waals surface area contributed by atoms with Gasteiger partial charge in [-0.2, -0.15) is 45.6 Å². The van der Waals surface area contributed by atoms with Gasteiger partial charge in [0.25, 0.3) is 10.1 Å². The first kappa shape index (κ1) is 39.4. The van der Waals surface area contributed by atoms with Crippen molar-refractivity contribution in [3.8, 4) is 0 Å². The number of allylic oxidation sites excluding steroid dienone is 5. The van der Waals surface area contributed by atoms with E-state index in [2.05, 4.69) is 8.57 Å². The highest BCUT2D eigenvalue weighted by molar-refractivity contribution is 7.87. The molecular formula is C37H39N4O9S3+. The molecule has 0 spiro atoms. The van der Waals surface area contributed by atoms with Crippen LogP contribution < -0.4 is 16.7 Å². The zero-order valence-electron chi connectivity index (χ0n) is 28.9. The maximum Gasteiger partial charge on any atom is 0.312 e. The maximum absolute atomic E-state index is 12.6. The molecule has 13 nitrogen and oxygen atoms in total. The van der Waals surface area contributed by atoms with Gasteiger partial charge >= 0.3 is 20.2 Å². The van der Waals surface area contributed by atoms with Crippen LogP contribution in [0.1, 0.15) is 36.1 Å². The van der Waals surface area contributed by atoms with Gasteiger partial charge in [-0.05, 0) is 90.7 Å². The van der Waals surface area contributed by atoms with Crippen molar-refractivity contribution in [2.45, 2.75) is 41.6 Å². The minimum absolute atomic E-state index is 0.0593. The minimum atomic E-state index is -4.60. The summed E-state index contributed by atoms with van der Waals surface area (Å²) in [6, 6.07) is 26.3. The predicted molar refractivity (Wildman–Crippen MR) is 201 cm³/mol. The van der Waals surface area contributed by atoms with Crippen LogP contribution >= 0.6 is 0 Å². The molecule has 0 unspecified atom stereocenters. The van der Waals surface area contributed by atoms with E-state index in [1.165, 1.54) is 36.4 Å². The monoisotopic (exact) mass is 779 g/mol. The predicted octanol–water partition coefficient (Wildman–Crippen LogP) is 4.72. The van der Waals surface area contributed by atoms with E-state index in [1.807, 2.05) is 71.9 Å². The Labute approximate surface area is 309 Å². The Hall–Kier alpha value is -4.78. The maximum atomic E-state index is 12.6. The molecule has 278 valence electrons. The molecule has 1 aliphatic rings. The third-order valence-electron chi connectivity index (χ3n) is 8.61. The van der Waals surface area contributed by atoms with Gasteiger partial charge < -0.3 is 4.90 Å². The average molecular weight is 780 g/mol. The minimum Gasteiger partial charge on any atom is -0.367 e. The first-order chi connectivity index (χ1) is 25.2. The smallest absolute Gasteiger partial charge is 0.312 e. The second kappa shape index (κ2) is 16.5. The molecule has 53 heavy (non-hydrogen) atoms. The van der Waals surface area contributed by atoms with Crippen LogP contribution in [0.15, 0.2) is 142 Å². The van der Waals surface area contributed by atoms with Gasteiger partial charge in [-0.1, -0.05) is 54.6 Å². The normalized spacial score (nSPS) is 13.3. The van der Waals surface area contributed by atoms with Crippen molar-refractivity contribution in [2.75, 3.05) is 18.0 Å². The molecule has 16 heteroatoms. The van der Waals surface area contributed by atoms with E-state index in [0.717, 1.165) is 11.4 Å². The summed E-state index contributed by atoms with van der Waals surface area (Å²) in [6.45, 7) is 5.85. The molecule has 5 rings (SSSR count). The van der Waals surface area contributed by atoms with Gasteiger partial charge in [-0.3, -0.25) is 4.55 Å². The van der Waals surface area contributed by atoms with E-state index in [-0.39, 0.29) is 14.7 Å². The lowest BCUT2D eigenvalue weighted by molar-refractivity contribution is -0.539. The molecule has 4 aromatic carbocycles. The van der Waals surface area contributed by atoms with Crippen LogP contribution in [0.2, 0.25) is 0 Å². The largest absolute Gasteiger partial charge is 0.367 e. The summed E-state index contributed by atoms with van der Waals surface area (Å²) in [5, 5.41) is 0. The van der Waals surface area contributed by atoms with Crippen molar-refractivity contribution >= 4 is 47.3 Å². The Morgan fingerprint density at radius 3 is 1.83 bits per heavy atom. The van der Waals surface area contributed by atoms with Crippen molar-refractivity contribution in [2.24, 2.45) is 11.8 Å². The molecule has 0 aliphatic heterocycles. The van der Waals surface area contributed by atoms with Crippen LogP contribution in [0.5, 0.6) is 0 Å². The number of hydrogen-bond acceptors (Lipinski definition) is 11. The Morgan fingerprint density at radius 1 is 0.717 bits per heavy atom. The summed E-state index contributed by atoms with van der Waals surface area (Å²) in [5.74, 6) is 9.93. The van der Waals surface area contributed by atoms with E-state index < -0.39 is 30.4 Å². The van der Waals surface area contributed by atoms with Crippen LogP contribution in [0.3, 0.4) is 0 Å². The van der Waals surface area contributed by atoms with Gasteiger partial charge in [0.15, 0.2) is 12.3 Å². The Balaban J connectivity index is 1.53. The third kappa shape index (κ3) is 9.24. The molecule has 4 aromatic rings. The van der Waals surface area contributed by atoms with Gasteiger partial charge in [-0.25, -0.2) is 4.58 Å². The van der Waals surface area contributed by atoms with Crippen molar-refractivity contribution in [1.82, 2.24) is 0 Å². The first-order valence-electron chi connectivity index (χ1n) is 16.3. The summed E-state index contributed by atoms with van der Waals surface area (Å²) in [4.78, 5) is 1.67. The van der Waals surface area contributed by atoms with Crippen LogP contribution in [0, 0.1) is 0 Å². The van der Waals surface area contributed by atoms with E-state index in [4.69, 9.17) is 11.8 Å². The van der Waals surface area contributed by atoms with E-state index in [9.17, 15) is 29.8 Å². The summed E-state index contributed by atoms with van der Waals surface area (Å²) in [6.07, 6.45) is 7.48. The number of nitrogens with two attached hydrogens (primary N) is 2. The molecule has 1 aliphatic carbocycles. The van der Waals surface area contributed by atoms with Crippen molar-refractivity contribution in [3.63, 3.8) is 0 Å². The fourth-order valence-corrected chi connectivity index (χ4v) is 7.98. The average Bonchev–Trinajstić information content (AvgIpc) is 3.17. The van der Waals surface area contributed by atoms with Crippen LogP contribution in [0.25, 0.3) is 5.57 Å². The summed E-state index contributed by atoms with van der Waals surface area (Å²) < 4.78 is 94.3. The SMILES string of the molecule is CCN(Cc1cccc(S(=O)(=O)ON)c1)c1ccc(C(=C2C=CC(=[N+](CC)Cc3cccc(S(=O)(=O)ON)c3)C=C2)c2ccccc2S(=O)(=O)O)cc1. The highest BCUT2D eigenvalue weighted by atomic mass is 32.2. The Kier molecular flexibility index (Phi) is 12.3. The first-order valence-corrected chi connectivity index (χ1v) is 20.6. The lowest BCUT2D eigenvalue weighted by Crippen LogP contribution is -2.22. The van der Waals surface area contributed by atoms with Crippen molar-refractivity contribution in [1.29, 1.82) is 0 Å². The van der Waals surface area contributed by atoms with Gasteiger partial charge in [0.2, 0.25) is 0 Å². The third-order valence-corrected chi connectivity index (χ3v) is 11.7. The lowest BCUT2D eigenvalue weighted by atomic mass is 9.90. The zero-order valence-corrected chi connectivity index (χ0v) is 31.3. The standard InChI is InChI=1S/C37H38N4O9S3/c1-3-40(25-27-9-7-11-33(23-27)52(45,46)49-38)31-19-15-29(16-20-31)37(35-13-5-6-14-36(35)51(42,43)44)30-17-21-32(22-18-30)41(4-2)26-28-10-8-12-34(24-28)53(47,48)50-39/h5-24H,3-4,25-26,38-39H2,1-2H3/p+1. The van der Waals surface area contributed by atoms with Gasteiger partial charge in [-0.15, -0.1) is 0 Å². The number of hydrogen-bond donors (Lipinski definition) is 3. The molecule has 0 amide bonds. The molecule has 0 bridgehead atoms. The Bertz CT molecular complexity index is 2440. The molecule has 0 saturated carbocycles. The van der Waals surface area contributed by atoms with E-state index in [1.54, 1.807) is 36.4 Å². The fourth-order valence-electron chi connectivity index (χ4n) is 5.98. The molecule has 0 heterocycles. The van der Waals surface area contributed by atoms with Crippen molar-refractivity contribution in [3.05, 3.63) is 149 Å². The molecule has 5 N–H and O–H groups in total. The highest BCUT2D eigenvalue weighted by Gasteiger charge is 2.23. The summed E-state index contributed by atoms with van der Waals surface area (Å²) >= 11 is 0.